The van der Waals surface area contributed by atoms with Gasteiger partial charge in [-0.15, -0.1) is 0 Å². The van der Waals surface area contributed by atoms with Gasteiger partial charge in [-0.3, -0.25) is 19.8 Å². The van der Waals surface area contributed by atoms with E-state index in [4.69, 9.17) is 9.47 Å². The number of rotatable bonds is 3. The molecule has 0 spiro atoms. The van der Waals surface area contributed by atoms with Crippen LogP contribution in [-0.2, 0) is 19.1 Å². The number of ether oxygens (including phenoxy) is 2. The SMILES string of the molecule is CC(=O)OC[C@@H]1CC[C@H](N2CCC(=O)NC2=O)O1. The van der Waals surface area contributed by atoms with E-state index in [9.17, 15) is 14.4 Å². The Balaban J connectivity index is 1.83. The molecule has 0 saturated carbocycles. The third-order valence-electron chi connectivity index (χ3n) is 2.99. The summed E-state index contributed by atoms with van der Waals surface area (Å²) in [6.07, 6.45) is 1.20. The van der Waals surface area contributed by atoms with Gasteiger partial charge in [-0.05, 0) is 12.8 Å². The zero-order valence-electron chi connectivity index (χ0n) is 10.2. The maximum atomic E-state index is 11.6. The predicted octanol–water partition coefficient (Wildman–Crippen LogP) is -0.00350. The van der Waals surface area contributed by atoms with Crippen molar-refractivity contribution in [2.45, 2.75) is 38.5 Å². The van der Waals surface area contributed by atoms with Crippen LogP contribution in [0.5, 0.6) is 0 Å². The minimum absolute atomic E-state index is 0.177. The van der Waals surface area contributed by atoms with Crippen molar-refractivity contribution in [1.29, 1.82) is 0 Å². The van der Waals surface area contributed by atoms with E-state index >= 15 is 0 Å². The van der Waals surface area contributed by atoms with Crippen LogP contribution in [0.15, 0.2) is 0 Å². The van der Waals surface area contributed by atoms with Crippen molar-refractivity contribution in [3.05, 3.63) is 0 Å². The molecule has 0 aromatic heterocycles. The first-order chi connectivity index (χ1) is 8.56. The monoisotopic (exact) mass is 256 g/mol. The number of amides is 3. The molecule has 2 rings (SSSR count). The van der Waals surface area contributed by atoms with E-state index in [1.165, 1.54) is 11.8 Å². The van der Waals surface area contributed by atoms with Crippen molar-refractivity contribution in [2.24, 2.45) is 0 Å². The van der Waals surface area contributed by atoms with Crippen LogP contribution in [0.3, 0.4) is 0 Å². The maximum Gasteiger partial charge on any atom is 0.326 e. The number of nitrogens with one attached hydrogen (secondary N) is 1. The highest BCUT2D eigenvalue weighted by Crippen LogP contribution is 2.24. The number of hydrogen-bond acceptors (Lipinski definition) is 5. The van der Waals surface area contributed by atoms with Gasteiger partial charge in [0.1, 0.15) is 12.8 Å². The third-order valence-corrected chi connectivity index (χ3v) is 2.99. The molecule has 18 heavy (non-hydrogen) atoms. The van der Waals surface area contributed by atoms with Gasteiger partial charge in [-0.1, -0.05) is 0 Å². The number of esters is 1. The highest BCUT2D eigenvalue weighted by atomic mass is 16.6. The highest BCUT2D eigenvalue weighted by molar-refractivity contribution is 5.96. The van der Waals surface area contributed by atoms with Crippen molar-refractivity contribution in [2.75, 3.05) is 13.2 Å². The molecule has 2 aliphatic rings. The van der Waals surface area contributed by atoms with Crippen LogP contribution in [0.2, 0.25) is 0 Å². The fourth-order valence-corrected chi connectivity index (χ4v) is 2.10. The summed E-state index contributed by atoms with van der Waals surface area (Å²) in [5.41, 5.74) is 0. The Morgan fingerprint density at radius 3 is 2.94 bits per heavy atom. The Labute approximate surface area is 104 Å². The quantitative estimate of drug-likeness (QED) is 0.718. The smallest absolute Gasteiger partial charge is 0.326 e. The minimum Gasteiger partial charge on any atom is -0.463 e. The number of carbonyl (C=O) groups excluding carboxylic acids is 3. The first-order valence-electron chi connectivity index (χ1n) is 5.95. The molecule has 0 aromatic carbocycles. The van der Waals surface area contributed by atoms with Gasteiger partial charge >= 0.3 is 12.0 Å². The fourth-order valence-electron chi connectivity index (χ4n) is 2.10. The molecule has 0 unspecified atom stereocenters. The first kappa shape index (κ1) is 12.8. The van der Waals surface area contributed by atoms with Gasteiger partial charge in [0.2, 0.25) is 5.91 Å². The molecule has 7 heteroatoms. The Kier molecular flexibility index (Phi) is 3.81. The molecule has 2 fully saturated rings. The van der Waals surface area contributed by atoms with Crippen LogP contribution in [0.4, 0.5) is 4.79 Å². The van der Waals surface area contributed by atoms with E-state index < -0.39 is 6.03 Å². The van der Waals surface area contributed by atoms with Crippen molar-refractivity contribution >= 4 is 17.9 Å². The first-order valence-corrected chi connectivity index (χ1v) is 5.95. The third kappa shape index (κ3) is 2.98. The second kappa shape index (κ2) is 5.34. The Morgan fingerprint density at radius 1 is 1.50 bits per heavy atom. The molecule has 1 N–H and O–H groups in total. The summed E-state index contributed by atoms with van der Waals surface area (Å²) in [4.78, 5) is 34.8. The highest BCUT2D eigenvalue weighted by Gasteiger charge is 2.35. The van der Waals surface area contributed by atoms with E-state index in [1.807, 2.05) is 0 Å². The minimum atomic E-state index is -0.413. The van der Waals surface area contributed by atoms with Gasteiger partial charge in [0.25, 0.3) is 0 Å². The number of urea groups is 1. The molecule has 100 valence electrons. The van der Waals surface area contributed by atoms with Gasteiger partial charge < -0.3 is 9.47 Å². The van der Waals surface area contributed by atoms with Gasteiger partial charge in [0, 0.05) is 19.9 Å². The second-order valence-electron chi connectivity index (χ2n) is 4.39. The van der Waals surface area contributed by atoms with Crippen LogP contribution in [0.25, 0.3) is 0 Å². The molecular formula is C11H16N2O5. The molecule has 2 saturated heterocycles. The maximum absolute atomic E-state index is 11.6. The van der Waals surface area contributed by atoms with Crippen LogP contribution in [0.1, 0.15) is 26.2 Å². The lowest BCUT2D eigenvalue weighted by atomic mass is 10.2. The predicted molar refractivity (Wildman–Crippen MR) is 59.4 cm³/mol. The second-order valence-corrected chi connectivity index (χ2v) is 4.39. The van der Waals surface area contributed by atoms with E-state index in [0.717, 1.165) is 6.42 Å². The molecule has 7 nitrogen and oxygen atoms in total. The van der Waals surface area contributed by atoms with E-state index in [1.54, 1.807) is 0 Å². The molecule has 0 aliphatic carbocycles. The largest absolute Gasteiger partial charge is 0.463 e. The Bertz CT molecular complexity index is 370. The lowest BCUT2D eigenvalue weighted by molar-refractivity contribution is -0.146. The van der Waals surface area contributed by atoms with Gasteiger partial charge in [0.05, 0.1) is 6.10 Å². The molecule has 0 aromatic rings. The van der Waals surface area contributed by atoms with E-state index in [0.29, 0.717) is 19.4 Å². The molecule has 3 amide bonds. The van der Waals surface area contributed by atoms with Gasteiger partial charge in [-0.25, -0.2) is 4.79 Å². The fraction of sp³-hybridized carbons (Fsp3) is 0.727. The molecule has 2 heterocycles. The Morgan fingerprint density at radius 2 is 2.28 bits per heavy atom. The average Bonchev–Trinajstić information content (AvgIpc) is 2.75. The molecule has 0 bridgehead atoms. The lowest BCUT2D eigenvalue weighted by Gasteiger charge is -2.31. The van der Waals surface area contributed by atoms with Gasteiger partial charge in [0.15, 0.2) is 0 Å². The van der Waals surface area contributed by atoms with Gasteiger partial charge in [-0.2, -0.15) is 0 Å². The van der Waals surface area contributed by atoms with Crippen LogP contribution in [0, 0.1) is 0 Å². The zero-order chi connectivity index (χ0) is 13.1. The molecule has 0 radical (unpaired) electrons. The van der Waals surface area contributed by atoms with Crippen LogP contribution in [-0.4, -0.2) is 48.3 Å². The van der Waals surface area contributed by atoms with Crippen LogP contribution < -0.4 is 5.32 Å². The summed E-state index contributed by atoms with van der Waals surface area (Å²) < 4.78 is 10.5. The average molecular weight is 256 g/mol. The standard InChI is InChI=1S/C11H16N2O5/c1-7(14)17-6-8-2-3-10(18-8)13-5-4-9(15)12-11(13)16/h8,10H,2-6H2,1H3,(H,12,15,16)/t8-,10+/m0/s1. The number of hydrogen-bond donors (Lipinski definition) is 1. The summed E-state index contributed by atoms with van der Waals surface area (Å²) in [7, 11) is 0. The number of carbonyl (C=O) groups is 3. The summed E-state index contributed by atoms with van der Waals surface area (Å²) in [6.45, 7) is 1.92. The molecule has 2 aliphatic heterocycles. The van der Waals surface area contributed by atoms with Crippen molar-refractivity contribution in [3.63, 3.8) is 0 Å². The molecule has 2 atom stereocenters. The Hall–Kier alpha value is -1.63. The summed E-state index contributed by atoms with van der Waals surface area (Å²) in [5, 5.41) is 2.25. The van der Waals surface area contributed by atoms with Crippen molar-refractivity contribution < 1.29 is 23.9 Å². The van der Waals surface area contributed by atoms with E-state index in [-0.39, 0.29) is 30.8 Å². The number of imide groups is 1. The van der Waals surface area contributed by atoms with Crippen LogP contribution >= 0.6 is 0 Å². The summed E-state index contributed by atoms with van der Waals surface area (Å²) in [6, 6.07) is -0.413. The van der Waals surface area contributed by atoms with E-state index in [2.05, 4.69) is 5.32 Å². The topological polar surface area (TPSA) is 84.9 Å². The summed E-state index contributed by atoms with van der Waals surface area (Å²) >= 11 is 0. The van der Waals surface area contributed by atoms with Crippen molar-refractivity contribution in [3.8, 4) is 0 Å². The number of nitrogens with zero attached hydrogens (tertiary/aromatic N) is 1. The molecular weight excluding hydrogens is 240 g/mol. The lowest BCUT2D eigenvalue weighted by Crippen LogP contribution is -2.53. The van der Waals surface area contributed by atoms with Crippen molar-refractivity contribution in [1.82, 2.24) is 10.2 Å². The summed E-state index contributed by atoms with van der Waals surface area (Å²) in [5.74, 6) is -0.603. The zero-order valence-corrected chi connectivity index (χ0v) is 10.2. The normalized spacial score (nSPS) is 28.2.